The van der Waals surface area contributed by atoms with E-state index in [0.717, 1.165) is 34.5 Å². The predicted molar refractivity (Wildman–Crippen MR) is 93.3 cm³/mol. The van der Waals surface area contributed by atoms with Crippen LogP contribution in [-0.2, 0) is 9.31 Å². The lowest BCUT2D eigenvalue weighted by Gasteiger charge is -2.32. The van der Waals surface area contributed by atoms with Crippen molar-refractivity contribution >= 4 is 29.8 Å². The van der Waals surface area contributed by atoms with Gasteiger partial charge in [0.05, 0.1) is 11.2 Å². The van der Waals surface area contributed by atoms with Crippen LogP contribution in [0.5, 0.6) is 0 Å². The highest BCUT2D eigenvalue weighted by Crippen LogP contribution is 2.37. The quantitative estimate of drug-likeness (QED) is 0.758. The molecule has 0 spiro atoms. The molecule has 1 aliphatic carbocycles. The number of hydrogen-bond acceptors (Lipinski definition) is 2. The van der Waals surface area contributed by atoms with Gasteiger partial charge in [0.15, 0.2) is 0 Å². The molecule has 22 heavy (non-hydrogen) atoms. The van der Waals surface area contributed by atoms with Crippen molar-refractivity contribution in [3.63, 3.8) is 0 Å². The summed E-state index contributed by atoms with van der Waals surface area (Å²) in [5.74, 6) is 0. The smallest absolute Gasteiger partial charge is 0.399 e. The number of benzene rings is 1. The van der Waals surface area contributed by atoms with E-state index in [-0.39, 0.29) is 18.3 Å². The molecule has 1 aromatic carbocycles. The third-order valence-corrected chi connectivity index (χ3v) is 5.18. The molecule has 3 rings (SSSR count). The van der Waals surface area contributed by atoms with Gasteiger partial charge in [-0.05, 0) is 57.1 Å². The van der Waals surface area contributed by atoms with Gasteiger partial charge < -0.3 is 9.31 Å². The lowest BCUT2D eigenvalue weighted by Crippen LogP contribution is -2.41. The SMILES string of the molecule is CC1(C)OB(c2cccc(C3=CCCC=C3Cl)c2)OC1(C)C. The summed E-state index contributed by atoms with van der Waals surface area (Å²) in [6.45, 7) is 8.28. The van der Waals surface area contributed by atoms with Gasteiger partial charge in [0.25, 0.3) is 0 Å². The maximum Gasteiger partial charge on any atom is 0.494 e. The number of allylic oxidation sites excluding steroid dienone is 4. The van der Waals surface area contributed by atoms with Gasteiger partial charge in [-0.2, -0.15) is 0 Å². The summed E-state index contributed by atoms with van der Waals surface area (Å²) in [4.78, 5) is 0. The Balaban J connectivity index is 1.90. The first-order valence-corrected chi connectivity index (χ1v) is 8.20. The molecular weight excluding hydrogens is 294 g/mol. The zero-order chi connectivity index (χ0) is 16.0. The molecule has 4 heteroatoms. The van der Waals surface area contributed by atoms with Gasteiger partial charge in [-0.25, -0.2) is 0 Å². The summed E-state index contributed by atoms with van der Waals surface area (Å²) >= 11 is 6.35. The number of rotatable bonds is 2. The Labute approximate surface area is 138 Å². The van der Waals surface area contributed by atoms with Gasteiger partial charge in [0, 0.05) is 5.03 Å². The third-order valence-electron chi connectivity index (χ3n) is 4.82. The van der Waals surface area contributed by atoms with E-state index in [1.54, 1.807) is 0 Å². The van der Waals surface area contributed by atoms with E-state index in [1.807, 2.05) is 12.1 Å². The average Bonchev–Trinajstić information content (AvgIpc) is 2.68. The van der Waals surface area contributed by atoms with Gasteiger partial charge in [0.2, 0.25) is 0 Å². The Morgan fingerprint density at radius 1 is 1.00 bits per heavy atom. The van der Waals surface area contributed by atoms with E-state index >= 15 is 0 Å². The van der Waals surface area contributed by atoms with E-state index in [0.29, 0.717) is 0 Å². The minimum absolute atomic E-state index is 0.324. The maximum absolute atomic E-state index is 6.35. The Kier molecular flexibility index (Phi) is 4.00. The minimum Gasteiger partial charge on any atom is -0.399 e. The van der Waals surface area contributed by atoms with E-state index in [1.165, 1.54) is 0 Å². The Bertz CT molecular complexity index is 630. The molecule has 0 saturated carbocycles. The standard InChI is InChI=1S/C18H22BClO2/c1-17(2)18(3,4)22-19(21-17)14-9-7-8-13(12-14)15-10-5-6-11-16(15)20/h7-12H,5-6H2,1-4H3. The Morgan fingerprint density at radius 3 is 2.27 bits per heavy atom. The minimum atomic E-state index is -0.336. The first-order chi connectivity index (χ1) is 10.3. The number of halogens is 1. The topological polar surface area (TPSA) is 18.5 Å². The highest BCUT2D eigenvalue weighted by atomic mass is 35.5. The van der Waals surface area contributed by atoms with Crippen molar-refractivity contribution in [2.24, 2.45) is 0 Å². The first-order valence-electron chi connectivity index (χ1n) is 7.82. The van der Waals surface area contributed by atoms with Gasteiger partial charge in [-0.15, -0.1) is 0 Å². The summed E-state index contributed by atoms with van der Waals surface area (Å²) in [5, 5.41) is 0.831. The zero-order valence-corrected chi connectivity index (χ0v) is 14.4. The highest BCUT2D eigenvalue weighted by Gasteiger charge is 2.51. The molecule has 1 fully saturated rings. The molecule has 0 bridgehead atoms. The van der Waals surface area contributed by atoms with Crippen LogP contribution in [-0.4, -0.2) is 18.3 Å². The molecule has 0 aromatic heterocycles. The van der Waals surface area contributed by atoms with E-state index in [4.69, 9.17) is 20.9 Å². The largest absolute Gasteiger partial charge is 0.494 e. The second-order valence-electron chi connectivity index (χ2n) is 6.96. The third kappa shape index (κ3) is 2.78. The molecular formula is C18H22BClO2. The van der Waals surface area contributed by atoms with Crippen LogP contribution in [0.25, 0.3) is 5.57 Å². The lowest BCUT2D eigenvalue weighted by atomic mass is 9.77. The van der Waals surface area contributed by atoms with Crippen LogP contribution in [0.15, 0.2) is 41.4 Å². The molecule has 2 nitrogen and oxygen atoms in total. The van der Waals surface area contributed by atoms with Crippen LogP contribution in [0.1, 0.15) is 46.1 Å². The van der Waals surface area contributed by atoms with Crippen LogP contribution >= 0.6 is 11.6 Å². The first kappa shape index (κ1) is 15.9. The van der Waals surface area contributed by atoms with E-state index in [9.17, 15) is 0 Å². The molecule has 2 aliphatic rings. The summed E-state index contributed by atoms with van der Waals surface area (Å²) < 4.78 is 12.3. The van der Waals surface area contributed by atoms with Crippen molar-refractivity contribution in [3.05, 3.63) is 47.0 Å². The molecule has 0 unspecified atom stereocenters. The zero-order valence-electron chi connectivity index (χ0n) is 13.7. The van der Waals surface area contributed by atoms with Crippen LogP contribution in [0.4, 0.5) is 0 Å². The second-order valence-corrected chi connectivity index (χ2v) is 7.37. The van der Waals surface area contributed by atoms with Crippen LogP contribution in [0.3, 0.4) is 0 Å². The fourth-order valence-electron chi connectivity index (χ4n) is 2.73. The van der Waals surface area contributed by atoms with Crippen molar-refractivity contribution in [1.82, 2.24) is 0 Å². The van der Waals surface area contributed by atoms with Crippen molar-refractivity contribution in [2.75, 3.05) is 0 Å². The highest BCUT2D eigenvalue weighted by molar-refractivity contribution is 6.62. The predicted octanol–water partition coefficient (Wildman–Crippen LogP) is 4.29. The molecule has 1 saturated heterocycles. The average molecular weight is 317 g/mol. The van der Waals surface area contributed by atoms with Crippen molar-refractivity contribution in [3.8, 4) is 0 Å². The molecule has 116 valence electrons. The summed E-state index contributed by atoms with van der Waals surface area (Å²) in [5.41, 5.74) is 2.61. The van der Waals surface area contributed by atoms with Crippen LogP contribution in [0, 0.1) is 0 Å². The molecule has 0 radical (unpaired) electrons. The fraction of sp³-hybridized carbons (Fsp3) is 0.444. The van der Waals surface area contributed by atoms with Gasteiger partial charge in [0.1, 0.15) is 0 Å². The number of hydrogen-bond donors (Lipinski definition) is 0. The maximum atomic E-state index is 6.35. The Hall–Kier alpha value is -1.03. The molecule has 1 heterocycles. The molecule has 0 atom stereocenters. The van der Waals surface area contributed by atoms with Crippen LogP contribution in [0.2, 0.25) is 0 Å². The molecule has 1 aliphatic heterocycles. The van der Waals surface area contributed by atoms with Crippen molar-refractivity contribution in [2.45, 2.75) is 51.7 Å². The lowest BCUT2D eigenvalue weighted by molar-refractivity contribution is 0.00578. The summed E-state index contributed by atoms with van der Waals surface area (Å²) in [6.07, 6.45) is 6.33. The van der Waals surface area contributed by atoms with Gasteiger partial charge in [-0.3, -0.25) is 0 Å². The monoisotopic (exact) mass is 316 g/mol. The fourth-order valence-corrected chi connectivity index (χ4v) is 3.03. The molecule has 0 amide bonds. The molecule has 1 aromatic rings. The van der Waals surface area contributed by atoms with Gasteiger partial charge >= 0.3 is 7.12 Å². The van der Waals surface area contributed by atoms with E-state index in [2.05, 4.69) is 52.0 Å². The summed E-state index contributed by atoms with van der Waals surface area (Å²) in [7, 11) is -0.336. The molecule has 0 N–H and O–H groups in total. The Morgan fingerprint density at radius 2 is 1.64 bits per heavy atom. The normalized spacial score (nSPS) is 23.2. The van der Waals surface area contributed by atoms with Crippen molar-refractivity contribution < 1.29 is 9.31 Å². The second kappa shape index (κ2) is 5.56. The van der Waals surface area contributed by atoms with Crippen molar-refractivity contribution in [1.29, 1.82) is 0 Å². The van der Waals surface area contributed by atoms with E-state index < -0.39 is 0 Å². The van der Waals surface area contributed by atoms with Gasteiger partial charge in [-0.1, -0.05) is 48.0 Å². The van der Waals surface area contributed by atoms with Crippen LogP contribution < -0.4 is 5.46 Å². The summed E-state index contributed by atoms with van der Waals surface area (Å²) in [6, 6.07) is 8.29.